The number of carboxylic acids is 1. The van der Waals surface area contributed by atoms with E-state index >= 15 is 0 Å². The molecule has 0 spiro atoms. The predicted molar refractivity (Wildman–Crippen MR) is 123 cm³/mol. The van der Waals surface area contributed by atoms with Crippen LogP contribution in [0.1, 0.15) is 53.1 Å². The number of nitrogens with one attached hydrogen (secondary N) is 1. The number of halogens is 2. The van der Waals surface area contributed by atoms with E-state index in [1.807, 2.05) is 42.5 Å². The minimum atomic E-state index is -1.31. The van der Waals surface area contributed by atoms with Crippen LogP contribution in [-0.2, 0) is 18.4 Å². The summed E-state index contributed by atoms with van der Waals surface area (Å²) in [6, 6.07) is 14.8. The predicted octanol–water partition coefficient (Wildman–Crippen LogP) is 5.41. The average molecular weight is 473 g/mol. The highest BCUT2D eigenvalue weighted by Crippen LogP contribution is 2.44. The molecule has 0 saturated heterocycles. The molecule has 1 fully saturated rings. The van der Waals surface area contributed by atoms with Crippen molar-refractivity contribution < 1.29 is 14.6 Å². The van der Waals surface area contributed by atoms with Gasteiger partial charge in [0.25, 0.3) is 5.56 Å². The second-order valence-electron chi connectivity index (χ2n) is 8.06. The number of hydrogen-bond acceptors (Lipinski definition) is 4. The van der Waals surface area contributed by atoms with Gasteiger partial charge in [0.05, 0.1) is 10.0 Å². The molecular weight excluding hydrogens is 451 g/mol. The molecule has 166 valence electrons. The standard InChI is InChI=1S/C24H22Cl2N2O4/c25-17-9-8-16(12-18(17)26)24(10-4-5-11-24)13-19-27-20(23(30)31)21(22(29)28-19)32-14-15-6-2-1-3-7-15/h1-3,6-9,12H,4-5,10-11,13-14H2,(H,30,31)(H,27,28,29). The number of benzene rings is 2. The van der Waals surface area contributed by atoms with Gasteiger partial charge in [-0.15, -0.1) is 0 Å². The molecule has 4 rings (SSSR count). The van der Waals surface area contributed by atoms with Crippen molar-refractivity contribution in [3.63, 3.8) is 0 Å². The summed E-state index contributed by atoms with van der Waals surface area (Å²) in [5, 5.41) is 10.6. The van der Waals surface area contributed by atoms with Crippen LogP contribution < -0.4 is 10.3 Å². The molecule has 0 atom stereocenters. The number of aromatic nitrogens is 2. The smallest absolute Gasteiger partial charge is 0.358 e. The summed E-state index contributed by atoms with van der Waals surface area (Å²) in [4.78, 5) is 31.7. The topological polar surface area (TPSA) is 92.3 Å². The van der Waals surface area contributed by atoms with Crippen LogP contribution in [0.5, 0.6) is 5.75 Å². The summed E-state index contributed by atoms with van der Waals surface area (Å²) >= 11 is 12.3. The number of aromatic carboxylic acids is 1. The van der Waals surface area contributed by atoms with Crippen molar-refractivity contribution in [2.45, 2.75) is 44.1 Å². The minimum absolute atomic E-state index is 0.0679. The van der Waals surface area contributed by atoms with E-state index in [4.69, 9.17) is 27.9 Å². The fraction of sp³-hybridized carbons (Fsp3) is 0.292. The fourth-order valence-electron chi connectivity index (χ4n) is 4.37. The number of nitrogens with zero attached hydrogens (tertiary/aromatic N) is 1. The Hall–Kier alpha value is -2.83. The highest BCUT2D eigenvalue weighted by Gasteiger charge is 2.37. The van der Waals surface area contributed by atoms with Crippen LogP contribution in [0.3, 0.4) is 0 Å². The summed E-state index contributed by atoms with van der Waals surface area (Å²) in [5.74, 6) is -1.29. The lowest BCUT2D eigenvalue weighted by Crippen LogP contribution is -2.29. The Morgan fingerprint density at radius 2 is 1.81 bits per heavy atom. The van der Waals surface area contributed by atoms with E-state index in [9.17, 15) is 14.7 Å². The maximum atomic E-state index is 12.8. The second-order valence-corrected chi connectivity index (χ2v) is 8.88. The number of H-pyrrole nitrogens is 1. The maximum absolute atomic E-state index is 12.8. The van der Waals surface area contributed by atoms with Crippen LogP contribution in [0.15, 0.2) is 53.3 Å². The van der Waals surface area contributed by atoms with Gasteiger partial charge in [-0.1, -0.05) is 72.4 Å². The zero-order valence-corrected chi connectivity index (χ0v) is 18.7. The molecule has 2 aromatic carbocycles. The first-order valence-electron chi connectivity index (χ1n) is 10.4. The molecule has 6 nitrogen and oxygen atoms in total. The van der Waals surface area contributed by atoms with E-state index in [0.29, 0.717) is 22.3 Å². The van der Waals surface area contributed by atoms with Gasteiger partial charge in [-0.05, 0) is 36.1 Å². The Kier molecular flexibility index (Phi) is 6.53. The number of carbonyl (C=O) groups is 1. The molecule has 1 aliphatic rings. The third-order valence-electron chi connectivity index (χ3n) is 5.95. The van der Waals surface area contributed by atoms with Crippen molar-refractivity contribution in [3.05, 3.63) is 91.6 Å². The third kappa shape index (κ3) is 4.66. The number of ether oxygens (including phenoxy) is 1. The molecule has 1 saturated carbocycles. The Morgan fingerprint density at radius 3 is 2.47 bits per heavy atom. The number of aromatic amines is 1. The van der Waals surface area contributed by atoms with E-state index in [0.717, 1.165) is 36.8 Å². The van der Waals surface area contributed by atoms with E-state index in [1.54, 1.807) is 6.07 Å². The fourth-order valence-corrected chi connectivity index (χ4v) is 4.67. The van der Waals surface area contributed by atoms with Crippen LogP contribution in [0.4, 0.5) is 0 Å². The largest absolute Gasteiger partial charge is 0.481 e. The molecule has 0 aliphatic heterocycles. The Balaban J connectivity index is 1.66. The lowest BCUT2D eigenvalue weighted by molar-refractivity contribution is 0.0683. The number of rotatable bonds is 7. The highest BCUT2D eigenvalue weighted by atomic mass is 35.5. The molecule has 0 unspecified atom stereocenters. The molecule has 1 aliphatic carbocycles. The monoisotopic (exact) mass is 472 g/mol. The average Bonchev–Trinajstić information content (AvgIpc) is 3.25. The summed E-state index contributed by atoms with van der Waals surface area (Å²) in [6.07, 6.45) is 4.19. The zero-order chi connectivity index (χ0) is 22.7. The molecule has 8 heteroatoms. The van der Waals surface area contributed by atoms with Crippen molar-refractivity contribution in [2.75, 3.05) is 0 Å². The van der Waals surface area contributed by atoms with Gasteiger partial charge in [-0.2, -0.15) is 0 Å². The first kappa shape index (κ1) is 22.4. The number of hydrogen-bond donors (Lipinski definition) is 2. The summed E-state index contributed by atoms with van der Waals surface area (Å²) in [6.45, 7) is 0.0679. The number of carboxylic acid groups (broad SMARTS) is 1. The molecule has 3 aromatic rings. The summed E-state index contributed by atoms with van der Waals surface area (Å²) in [5.41, 5.74) is 0.532. The van der Waals surface area contributed by atoms with Gasteiger partial charge in [0.2, 0.25) is 5.75 Å². The van der Waals surface area contributed by atoms with Crippen LogP contribution in [0.25, 0.3) is 0 Å². The molecular formula is C24H22Cl2N2O4. The van der Waals surface area contributed by atoms with Crippen LogP contribution in [0, 0.1) is 0 Å². The van der Waals surface area contributed by atoms with E-state index in [2.05, 4.69) is 9.97 Å². The normalized spacial score (nSPS) is 14.9. The van der Waals surface area contributed by atoms with Crippen molar-refractivity contribution in [1.29, 1.82) is 0 Å². The van der Waals surface area contributed by atoms with Crippen molar-refractivity contribution in [3.8, 4) is 5.75 Å². The molecule has 0 amide bonds. The SMILES string of the molecule is O=C(O)c1nc(CC2(c3ccc(Cl)c(Cl)c3)CCCC2)[nH]c(=O)c1OCc1ccccc1. The van der Waals surface area contributed by atoms with Gasteiger partial charge >= 0.3 is 5.97 Å². The second kappa shape index (κ2) is 9.35. The van der Waals surface area contributed by atoms with E-state index in [1.165, 1.54) is 0 Å². The quantitative estimate of drug-likeness (QED) is 0.479. The van der Waals surface area contributed by atoms with Gasteiger partial charge in [-0.25, -0.2) is 9.78 Å². The van der Waals surface area contributed by atoms with Gasteiger partial charge < -0.3 is 14.8 Å². The Morgan fingerprint density at radius 1 is 1.09 bits per heavy atom. The first-order chi connectivity index (χ1) is 15.4. The van der Waals surface area contributed by atoms with Gasteiger partial charge in [0.1, 0.15) is 12.4 Å². The van der Waals surface area contributed by atoms with Crippen molar-refractivity contribution in [1.82, 2.24) is 9.97 Å². The summed E-state index contributed by atoms with van der Waals surface area (Å²) in [7, 11) is 0. The zero-order valence-electron chi connectivity index (χ0n) is 17.2. The van der Waals surface area contributed by atoms with Crippen LogP contribution >= 0.6 is 23.2 Å². The molecule has 0 bridgehead atoms. The summed E-state index contributed by atoms with van der Waals surface area (Å²) < 4.78 is 5.56. The third-order valence-corrected chi connectivity index (χ3v) is 6.69. The Labute approximate surface area is 195 Å². The molecule has 32 heavy (non-hydrogen) atoms. The minimum Gasteiger partial charge on any atom is -0.481 e. The Bertz CT molecular complexity index is 1190. The first-order valence-corrected chi connectivity index (χ1v) is 11.1. The molecule has 2 N–H and O–H groups in total. The highest BCUT2D eigenvalue weighted by molar-refractivity contribution is 6.42. The van der Waals surface area contributed by atoms with Crippen molar-refractivity contribution in [2.24, 2.45) is 0 Å². The van der Waals surface area contributed by atoms with Gasteiger partial charge in [-0.3, -0.25) is 4.79 Å². The van der Waals surface area contributed by atoms with Gasteiger partial charge in [0.15, 0.2) is 5.69 Å². The van der Waals surface area contributed by atoms with Crippen molar-refractivity contribution >= 4 is 29.2 Å². The van der Waals surface area contributed by atoms with Gasteiger partial charge in [0, 0.05) is 11.8 Å². The molecule has 1 heterocycles. The lowest BCUT2D eigenvalue weighted by atomic mass is 9.76. The van der Waals surface area contributed by atoms with Crippen LogP contribution in [0.2, 0.25) is 10.0 Å². The lowest BCUT2D eigenvalue weighted by Gasteiger charge is -2.29. The van der Waals surface area contributed by atoms with E-state index < -0.39 is 11.5 Å². The van der Waals surface area contributed by atoms with Crippen LogP contribution in [-0.4, -0.2) is 21.0 Å². The molecule has 1 aromatic heterocycles. The molecule has 0 radical (unpaired) electrons. The maximum Gasteiger partial charge on any atom is 0.358 e. The van der Waals surface area contributed by atoms with E-state index in [-0.39, 0.29) is 23.5 Å².